The second-order valence-electron chi connectivity index (χ2n) is 3.73. The molecule has 0 radical (unpaired) electrons. The van der Waals surface area contributed by atoms with Crippen LogP contribution in [-0.2, 0) is 17.1 Å². The number of nitrogens with zero attached hydrogens (tertiary/aromatic N) is 2. The van der Waals surface area contributed by atoms with Gasteiger partial charge in [0.1, 0.15) is 0 Å². The fourth-order valence-corrected chi connectivity index (χ4v) is 2.21. The zero-order chi connectivity index (χ0) is 12.2. The number of hydrogen-bond acceptors (Lipinski definition) is 4. The van der Waals surface area contributed by atoms with Gasteiger partial charge in [-0.2, -0.15) is 0 Å². The van der Waals surface area contributed by atoms with Gasteiger partial charge >= 0.3 is 0 Å². The van der Waals surface area contributed by atoms with Gasteiger partial charge in [0.2, 0.25) is 0 Å². The summed E-state index contributed by atoms with van der Waals surface area (Å²) in [4.78, 5) is 3.79. The van der Waals surface area contributed by atoms with Gasteiger partial charge in [-0.15, -0.1) is 0 Å². The summed E-state index contributed by atoms with van der Waals surface area (Å²) in [6, 6.07) is 0.0337. The minimum atomic E-state index is -3.48. The second-order valence-corrected chi connectivity index (χ2v) is 5.45. The molecule has 0 aromatic carbocycles. The Morgan fingerprint density at radius 2 is 2.31 bits per heavy atom. The molecular formula is C9H18N4O2S. The first kappa shape index (κ1) is 13.1. The van der Waals surface area contributed by atoms with Crippen LogP contribution in [0, 0.1) is 0 Å². The van der Waals surface area contributed by atoms with Crippen molar-refractivity contribution in [3.05, 3.63) is 12.5 Å². The quantitative estimate of drug-likeness (QED) is 0.729. The van der Waals surface area contributed by atoms with Crippen LogP contribution in [0.1, 0.15) is 19.8 Å². The largest absolute Gasteiger partial charge is 0.339 e. The molecule has 0 aliphatic carbocycles. The summed E-state index contributed by atoms with van der Waals surface area (Å²) < 4.78 is 27.4. The molecule has 1 unspecified atom stereocenters. The summed E-state index contributed by atoms with van der Waals surface area (Å²) in [6.07, 6.45) is 4.38. The van der Waals surface area contributed by atoms with Crippen LogP contribution >= 0.6 is 0 Å². The Morgan fingerprint density at radius 3 is 2.81 bits per heavy atom. The standard InChI is InChI=1S/C9H18N4O2S/c1-3-8(10)4-5-12-16(14,15)9-6-13(2)7-11-9/h6-8,12H,3-5,10H2,1-2H3. The Hall–Kier alpha value is -0.920. The van der Waals surface area contributed by atoms with E-state index >= 15 is 0 Å². The van der Waals surface area contributed by atoms with Crippen LogP contribution in [0.15, 0.2) is 17.6 Å². The highest BCUT2D eigenvalue weighted by molar-refractivity contribution is 7.89. The number of aromatic nitrogens is 2. The highest BCUT2D eigenvalue weighted by atomic mass is 32.2. The normalized spacial score (nSPS) is 13.9. The van der Waals surface area contributed by atoms with Crippen molar-refractivity contribution < 1.29 is 8.42 Å². The molecule has 7 heteroatoms. The third-order valence-electron chi connectivity index (χ3n) is 2.29. The summed E-state index contributed by atoms with van der Waals surface area (Å²) in [7, 11) is -1.76. The molecule has 0 saturated carbocycles. The van der Waals surface area contributed by atoms with Crippen molar-refractivity contribution in [1.29, 1.82) is 0 Å². The zero-order valence-corrected chi connectivity index (χ0v) is 10.4. The smallest absolute Gasteiger partial charge is 0.259 e. The summed E-state index contributed by atoms with van der Waals surface area (Å²) >= 11 is 0. The first-order chi connectivity index (χ1) is 7.45. The topological polar surface area (TPSA) is 90.0 Å². The maximum Gasteiger partial charge on any atom is 0.259 e. The van der Waals surface area contributed by atoms with Gasteiger partial charge in [0.15, 0.2) is 5.03 Å². The molecule has 16 heavy (non-hydrogen) atoms. The van der Waals surface area contributed by atoms with Crippen molar-refractivity contribution in [3.8, 4) is 0 Å². The third-order valence-corrected chi connectivity index (χ3v) is 3.63. The van der Waals surface area contributed by atoms with Crippen molar-refractivity contribution in [3.63, 3.8) is 0 Å². The lowest BCUT2D eigenvalue weighted by atomic mass is 10.2. The molecule has 6 nitrogen and oxygen atoms in total. The predicted octanol–water partition coefficient (Wildman–Crippen LogP) is -0.174. The third kappa shape index (κ3) is 3.58. The van der Waals surface area contributed by atoms with Crippen molar-refractivity contribution in [2.75, 3.05) is 6.54 Å². The van der Waals surface area contributed by atoms with E-state index in [0.29, 0.717) is 13.0 Å². The molecule has 0 aliphatic heterocycles. The molecule has 1 heterocycles. The van der Waals surface area contributed by atoms with Gasteiger partial charge in [-0.1, -0.05) is 6.92 Å². The van der Waals surface area contributed by atoms with Crippen LogP contribution < -0.4 is 10.5 Å². The Morgan fingerprint density at radius 1 is 1.62 bits per heavy atom. The number of imidazole rings is 1. The van der Waals surface area contributed by atoms with Gasteiger partial charge in [-0.05, 0) is 12.8 Å². The summed E-state index contributed by atoms with van der Waals surface area (Å²) in [6.45, 7) is 2.31. The molecule has 0 fully saturated rings. The molecule has 1 rings (SSSR count). The summed E-state index contributed by atoms with van der Waals surface area (Å²) in [5.41, 5.74) is 5.69. The van der Waals surface area contributed by atoms with Crippen LogP contribution in [0.3, 0.4) is 0 Å². The number of hydrogen-bond donors (Lipinski definition) is 2. The minimum Gasteiger partial charge on any atom is -0.339 e. The second kappa shape index (κ2) is 5.42. The van der Waals surface area contributed by atoms with Crippen LogP contribution in [-0.4, -0.2) is 30.6 Å². The molecule has 0 spiro atoms. The van der Waals surface area contributed by atoms with E-state index < -0.39 is 10.0 Å². The number of sulfonamides is 1. The van der Waals surface area contributed by atoms with E-state index in [4.69, 9.17) is 5.73 Å². The minimum absolute atomic E-state index is 0.0337. The number of aryl methyl sites for hydroxylation is 1. The van der Waals surface area contributed by atoms with E-state index in [0.717, 1.165) is 6.42 Å². The van der Waals surface area contributed by atoms with E-state index in [1.54, 1.807) is 11.6 Å². The highest BCUT2D eigenvalue weighted by Gasteiger charge is 2.16. The molecule has 1 aromatic rings. The van der Waals surface area contributed by atoms with Crippen LogP contribution in [0.4, 0.5) is 0 Å². The lowest BCUT2D eigenvalue weighted by Gasteiger charge is -2.08. The van der Waals surface area contributed by atoms with Crippen molar-refractivity contribution >= 4 is 10.0 Å². The van der Waals surface area contributed by atoms with Gasteiger partial charge in [0, 0.05) is 25.8 Å². The van der Waals surface area contributed by atoms with E-state index in [2.05, 4.69) is 9.71 Å². The maximum atomic E-state index is 11.7. The highest BCUT2D eigenvalue weighted by Crippen LogP contribution is 2.04. The fraction of sp³-hybridized carbons (Fsp3) is 0.667. The Labute approximate surface area is 95.9 Å². The molecule has 0 bridgehead atoms. The number of nitrogens with two attached hydrogens (primary N) is 1. The van der Waals surface area contributed by atoms with E-state index in [1.165, 1.54) is 12.5 Å². The average Bonchev–Trinajstić information content (AvgIpc) is 2.65. The molecule has 3 N–H and O–H groups in total. The Bertz CT molecular complexity index is 426. The van der Waals surface area contributed by atoms with E-state index in [1.807, 2.05) is 6.92 Å². The predicted molar refractivity (Wildman–Crippen MR) is 61.3 cm³/mol. The van der Waals surface area contributed by atoms with Crippen LogP contribution in [0.5, 0.6) is 0 Å². The van der Waals surface area contributed by atoms with E-state index in [9.17, 15) is 8.42 Å². The summed E-state index contributed by atoms with van der Waals surface area (Å²) in [5.74, 6) is 0. The monoisotopic (exact) mass is 246 g/mol. The number of nitrogens with one attached hydrogen (secondary N) is 1. The molecule has 0 amide bonds. The maximum absolute atomic E-state index is 11.7. The van der Waals surface area contributed by atoms with Gasteiger partial charge in [-0.3, -0.25) is 0 Å². The Balaban J connectivity index is 2.53. The molecule has 1 aromatic heterocycles. The fourth-order valence-electron chi connectivity index (χ4n) is 1.18. The molecular weight excluding hydrogens is 228 g/mol. The molecule has 1 atom stereocenters. The zero-order valence-electron chi connectivity index (χ0n) is 9.55. The van der Waals surface area contributed by atoms with Crippen molar-refractivity contribution in [2.24, 2.45) is 12.8 Å². The average molecular weight is 246 g/mol. The van der Waals surface area contributed by atoms with E-state index in [-0.39, 0.29) is 11.1 Å². The van der Waals surface area contributed by atoms with Gasteiger partial charge in [0.05, 0.1) is 6.33 Å². The lowest BCUT2D eigenvalue weighted by Crippen LogP contribution is -2.30. The number of rotatable bonds is 6. The van der Waals surface area contributed by atoms with Gasteiger partial charge < -0.3 is 10.3 Å². The lowest BCUT2D eigenvalue weighted by molar-refractivity contribution is 0.555. The summed E-state index contributed by atoms with van der Waals surface area (Å²) in [5, 5.41) is 0.0417. The molecule has 0 aliphatic rings. The van der Waals surface area contributed by atoms with Crippen LogP contribution in [0.2, 0.25) is 0 Å². The van der Waals surface area contributed by atoms with Gasteiger partial charge in [0.25, 0.3) is 10.0 Å². The SMILES string of the molecule is CCC(N)CCNS(=O)(=O)c1cn(C)cn1. The van der Waals surface area contributed by atoms with Crippen molar-refractivity contribution in [1.82, 2.24) is 14.3 Å². The molecule has 0 saturated heterocycles. The first-order valence-electron chi connectivity index (χ1n) is 5.19. The van der Waals surface area contributed by atoms with Crippen molar-refractivity contribution in [2.45, 2.75) is 30.8 Å². The first-order valence-corrected chi connectivity index (χ1v) is 6.67. The van der Waals surface area contributed by atoms with Crippen LogP contribution in [0.25, 0.3) is 0 Å². The Kier molecular flexibility index (Phi) is 4.45. The van der Waals surface area contributed by atoms with Gasteiger partial charge in [-0.25, -0.2) is 18.1 Å². The molecule has 92 valence electrons.